The van der Waals surface area contributed by atoms with Gasteiger partial charge in [-0.15, -0.1) is 0 Å². The Balaban J connectivity index is 2.20. The highest BCUT2D eigenvalue weighted by atomic mass is 35.5. The fraction of sp³-hybridized carbons (Fsp3) is 0.0667. The lowest BCUT2D eigenvalue weighted by Crippen LogP contribution is -2.35. The van der Waals surface area contributed by atoms with E-state index < -0.39 is 5.69 Å². The predicted octanol–water partition coefficient (Wildman–Crippen LogP) is 2.39. The number of nitrogens with one attached hydrogen (secondary N) is 1. The molecule has 1 aromatic heterocycles. The van der Waals surface area contributed by atoms with Crippen molar-refractivity contribution in [2.45, 2.75) is 6.54 Å². The molecule has 5 heteroatoms. The number of para-hydroxylation sites is 1. The van der Waals surface area contributed by atoms with Gasteiger partial charge in [0.05, 0.1) is 17.4 Å². The van der Waals surface area contributed by atoms with Gasteiger partial charge in [0, 0.05) is 5.02 Å². The molecule has 0 aliphatic rings. The Morgan fingerprint density at radius 1 is 1.00 bits per heavy atom. The smallest absolute Gasteiger partial charge is 0.307 e. The van der Waals surface area contributed by atoms with E-state index in [4.69, 9.17) is 11.6 Å². The second-order valence-corrected chi connectivity index (χ2v) is 4.87. The Bertz CT molecular complexity index is 896. The van der Waals surface area contributed by atoms with Gasteiger partial charge < -0.3 is 4.98 Å². The van der Waals surface area contributed by atoms with Crippen molar-refractivity contribution in [3.8, 4) is 0 Å². The molecule has 20 heavy (non-hydrogen) atoms. The van der Waals surface area contributed by atoms with Gasteiger partial charge in [0.25, 0.3) is 5.56 Å². The van der Waals surface area contributed by atoms with Crippen LogP contribution in [0.4, 0.5) is 0 Å². The number of nitrogens with zero attached hydrogens (tertiary/aromatic N) is 1. The van der Waals surface area contributed by atoms with Gasteiger partial charge in [0.15, 0.2) is 0 Å². The summed E-state index contributed by atoms with van der Waals surface area (Å²) in [7, 11) is 0. The van der Waals surface area contributed by atoms with Gasteiger partial charge in [-0.05, 0) is 23.8 Å². The highest BCUT2D eigenvalue weighted by molar-refractivity contribution is 6.31. The van der Waals surface area contributed by atoms with Crippen LogP contribution in [0.3, 0.4) is 0 Å². The Morgan fingerprint density at radius 3 is 2.50 bits per heavy atom. The van der Waals surface area contributed by atoms with Gasteiger partial charge in [-0.25, -0.2) is 4.79 Å². The fourth-order valence-corrected chi connectivity index (χ4v) is 2.33. The summed E-state index contributed by atoms with van der Waals surface area (Å²) in [6.07, 6.45) is 0. The van der Waals surface area contributed by atoms with Crippen LogP contribution < -0.4 is 11.2 Å². The molecule has 0 aliphatic carbocycles. The van der Waals surface area contributed by atoms with Crippen molar-refractivity contribution in [1.82, 2.24) is 9.55 Å². The van der Waals surface area contributed by atoms with E-state index in [9.17, 15) is 9.59 Å². The Morgan fingerprint density at radius 2 is 1.70 bits per heavy atom. The summed E-state index contributed by atoms with van der Waals surface area (Å²) in [6.45, 7) is 0.151. The van der Waals surface area contributed by atoms with E-state index in [1.54, 1.807) is 42.5 Å². The highest BCUT2D eigenvalue weighted by Crippen LogP contribution is 2.15. The third kappa shape index (κ3) is 2.14. The second kappa shape index (κ2) is 4.98. The number of hydrogen-bond acceptors (Lipinski definition) is 2. The summed E-state index contributed by atoms with van der Waals surface area (Å²) in [5.74, 6) is 0. The van der Waals surface area contributed by atoms with Crippen LogP contribution in [-0.4, -0.2) is 9.55 Å². The molecule has 0 aliphatic heterocycles. The number of fused-ring (bicyclic) bond motifs is 1. The molecule has 1 heterocycles. The molecule has 4 nitrogen and oxygen atoms in total. The van der Waals surface area contributed by atoms with Crippen molar-refractivity contribution in [1.29, 1.82) is 0 Å². The van der Waals surface area contributed by atoms with Gasteiger partial charge in [-0.1, -0.05) is 41.9 Å². The van der Waals surface area contributed by atoms with E-state index in [0.717, 1.165) is 10.1 Å². The highest BCUT2D eigenvalue weighted by Gasteiger charge is 2.09. The van der Waals surface area contributed by atoms with Crippen molar-refractivity contribution in [3.63, 3.8) is 0 Å². The van der Waals surface area contributed by atoms with Crippen LogP contribution in [0.5, 0.6) is 0 Å². The molecule has 0 unspecified atom stereocenters. The van der Waals surface area contributed by atoms with Gasteiger partial charge in [-0.3, -0.25) is 9.36 Å². The summed E-state index contributed by atoms with van der Waals surface area (Å²) in [6, 6.07) is 14.1. The van der Waals surface area contributed by atoms with Crippen molar-refractivity contribution in [2.24, 2.45) is 0 Å². The lowest BCUT2D eigenvalue weighted by atomic mass is 10.2. The molecule has 0 amide bonds. The van der Waals surface area contributed by atoms with E-state index >= 15 is 0 Å². The van der Waals surface area contributed by atoms with Crippen LogP contribution in [0.2, 0.25) is 5.02 Å². The minimum Gasteiger partial charge on any atom is -0.307 e. The SMILES string of the molecule is O=c1[nH]c2ccccc2c(=O)n1Cc1ccccc1Cl. The van der Waals surface area contributed by atoms with Gasteiger partial charge >= 0.3 is 5.69 Å². The summed E-state index contributed by atoms with van der Waals surface area (Å²) in [5, 5.41) is 1.02. The molecule has 0 saturated heterocycles. The average Bonchev–Trinajstić information content (AvgIpc) is 2.45. The van der Waals surface area contributed by atoms with Crippen molar-refractivity contribution < 1.29 is 0 Å². The monoisotopic (exact) mass is 286 g/mol. The van der Waals surface area contributed by atoms with E-state index in [1.165, 1.54) is 0 Å². The van der Waals surface area contributed by atoms with Crippen molar-refractivity contribution in [2.75, 3.05) is 0 Å². The number of aromatic nitrogens is 2. The van der Waals surface area contributed by atoms with Crippen LogP contribution in [-0.2, 0) is 6.54 Å². The van der Waals surface area contributed by atoms with Gasteiger partial charge in [-0.2, -0.15) is 0 Å². The molecule has 0 bridgehead atoms. The predicted molar refractivity (Wildman–Crippen MR) is 79.4 cm³/mol. The Hall–Kier alpha value is -2.33. The first kappa shape index (κ1) is 12.7. The molecule has 0 radical (unpaired) electrons. The van der Waals surface area contributed by atoms with Gasteiger partial charge in [0.1, 0.15) is 0 Å². The number of aromatic amines is 1. The van der Waals surface area contributed by atoms with Gasteiger partial charge in [0.2, 0.25) is 0 Å². The molecule has 0 atom stereocenters. The average molecular weight is 287 g/mol. The molecule has 0 saturated carbocycles. The Kier molecular flexibility index (Phi) is 3.16. The largest absolute Gasteiger partial charge is 0.329 e. The number of rotatable bonds is 2. The van der Waals surface area contributed by atoms with Crippen LogP contribution in [0.1, 0.15) is 5.56 Å². The minimum atomic E-state index is -0.436. The second-order valence-electron chi connectivity index (χ2n) is 4.46. The Labute approximate surface area is 119 Å². The van der Waals surface area contributed by atoms with E-state index in [-0.39, 0.29) is 12.1 Å². The third-order valence-corrected chi connectivity index (χ3v) is 3.54. The zero-order chi connectivity index (χ0) is 14.1. The standard InChI is InChI=1S/C15H11ClN2O2/c16-12-7-3-1-5-10(12)9-18-14(19)11-6-2-4-8-13(11)17-15(18)20/h1-8H,9H2,(H,17,20). The van der Waals surface area contributed by atoms with Crippen LogP contribution in [0.15, 0.2) is 58.1 Å². The van der Waals surface area contributed by atoms with E-state index in [2.05, 4.69) is 4.98 Å². The number of H-pyrrole nitrogens is 1. The maximum absolute atomic E-state index is 12.4. The molecule has 0 fully saturated rings. The first-order chi connectivity index (χ1) is 9.66. The molecular weight excluding hydrogens is 276 g/mol. The first-order valence-electron chi connectivity index (χ1n) is 6.12. The molecule has 0 spiro atoms. The number of benzene rings is 2. The third-order valence-electron chi connectivity index (χ3n) is 3.18. The van der Waals surface area contributed by atoms with E-state index in [0.29, 0.717) is 15.9 Å². The van der Waals surface area contributed by atoms with E-state index in [1.807, 2.05) is 6.07 Å². The molecule has 1 N–H and O–H groups in total. The fourth-order valence-electron chi connectivity index (χ4n) is 2.14. The summed E-state index contributed by atoms with van der Waals surface area (Å²) in [4.78, 5) is 27.1. The maximum Gasteiger partial charge on any atom is 0.329 e. The van der Waals surface area contributed by atoms with Crippen LogP contribution >= 0.6 is 11.6 Å². The summed E-state index contributed by atoms with van der Waals surface area (Å²) >= 11 is 6.07. The van der Waals surface area contributed by atoms with Crippen LogP contribution in [0.25, 0.3) is 10.9 Å². The molecular formula is C15H11ClN2O2. The van der Waals surface area contributed by atoms with Crippen molar-refractivity contribution in [3.05, 3.63) is 80.0 Å². The molecule has 3 rings (SSSR count). The molecule has 2 aromatic carbocycles. The molecule has 3 aromatic rings. The summed E-state index contributed by atoms with van der Waals surface area (Å²) < 4.78 is 1.16. The number of hydrogen-bond donors (Lipinski definition) is 1. The first-order valence-corrected chi connectivity index (χ1v) is 6.50. The molecule has 100 valence electrons. The maximum atomic E-state index is 12.4. The summed E-state index contributed by atoms with van der Waals surface area (Å²) in [5.41, 5.74) is 0.521. The normalized spacial score (nSPS) is 10.8. The van der Waals surface area contributed by atoms with Crippen LogP contribution in [0, 0.1) is 0 Å². The quantitative estimate of drug-likeness (QED) is 0.786. The van der Waals surface area contributed by atoms with Crippen molar-refractivity contribution >= 4 is 22.5 Å². The topological polar surface area (TPSA) is 54.9 Å². The number of halogens is 1. The lowest BCUT2D eigenvalue weighted by Gasteiger charge is -2.07. The minimum absolute atomic E-state index is 0.151. The zero-order valence-electron chi connectivity index (χ0n) is 10.5. The zero-order valence-corrected chi connectivity index (χ0v) is 11.2. The lowest BCUT2D eigenvalue weighted by molar-refractivity contribution is 0.712.